The fourth-order valence-electron chi connectivity index (χ4n) is 1.33. The summed E-state index contributed by atoms with van der Waals surface area (Å²) in [7, 11) is 0. The Morgan fingerprint density at radius 3 is 1.53 bits per heavy atom. The Kier molecular flexibility index (Phi) is 23.6. The summed E-state index contributed by atoms with van der Waals surface area (Å²) >= 11 is 0. The number of carboxylic acids is 3. The molecule has 0 fully saturated rings. The van der Waals surface area contributed by atoms with Crippen molar-refractivity contribution in [3.8, 4) is 0 Å². The second-order valence-electron chi connectivity index (χ2n) is 3.27. The second kappa shape index (κ2) is 15.8. The minimum atomic E-state index is -1.55. The van der Waals surface area contributed by atoms with Gasteiger partial charge in [0.1, 0.15) is 0 Å². The van der Waals surface area contributed by atoms with Crippen molar-refractivity contribution < 1.29 is 118 Å². The molecule has 0 heterocycles. The molecule has 0 aromatic rings. The van der Waals surface area contributed by atoms with E-state index in [1.165, 1.54) is 0 Å². The monoisotopic (exact) mass is 299 g/mol. The van der Waals surface area contributed by atoms with Crippen molar-refractivity contribution in [2.75, 3.05) is 13.1 Å². The first-order valence-electron chi connectivity index (χ1n) is 4.73. The van der Waals surface area contributed by atoms with Crippen LogP contribution in [0, 0.1) is 0 Å². The number of nitrogens with zero attached hydrogens (tertiary/aromatic N) is 1. The van der Waals surface area contributed by atoms with Crippen LogP contribution in [0.5, 0.6) is 0 Å². The van der Waals surface area contributed by atoms with Crippen LogP contribution in [0.25, 0.3) is 0 Å². The first-order valence-corrected chi connectivity index (χ1v) is 4.73. The van der Waals surface area contributed by atoms with E-state index < -0.39 is 37.0 Å². The van der Waals surface area contributed by atoms with Gasteiger partial charge in [-0.1, -0.05) is 13.3 Å². The van der Waals surface area contributed by atoms with E-state index >= 15 is 0 Å². The van der Waals surface area contributed by atoms with E-state index in [-0.39, 0.29) is 95.1 Å². The molecule has 0 rings (SSSR count). The maximum atomic E-state index is 10.7. The molecule has 10 heteroatoms. The summed E-state index contributed by atoms with van der Waals surface area (Å²) in [4.78, 5) is 32.1. The molecular formula is C9H12NNa3O6. The van der Waals surface area contributed by atoms with E-state index in [9.17, 15) is 29.7 Å². The molecule has 0 spiro atoms. The number of carbonyl (C=O) groups excluding carboxylic acids is 3. The summed E-state index contributed by atoms with van der Waals surface area (Å²) in [5.74, 6) is -4.61. The zero-order valence-corrected chi connectivity index (χ0v) is 17.8. The normalized spacial score (nSPS) is 10.4. The van der Waals surface area contributed by atoms with Crippen molar-refractivity contribution >= 4 is 17.9 Å². The van der Waals surface area contributed by atoms with Crippen LogP contribution in [0.2, 0.25) is 0 Å². The topological polar surface area (TPSA) is 124 Å². The van der Waals surface area contributed by atoms with Crippen molar-refractivity contribution in [1.29, 1.82) is 0 Å². The Hall–Kier alpha value is 1.37. The first-order chi connectivity index (χ1) is 7.38. The second-order valence-corrected chi connectivity index (χ2v) is 3.27. The predicted octanol–water partition coefficient (Wildman–Crippen LogP) is -13.3. The Labute approximate surface area is 178 Å². The molecule has 0 aromatic carbocycles. The van der Waals surface area contributed by atoms with Gasteiger partial charge >= 0.3 is 88.7 Å². The zero-order valence-electron chi connectivity index (χ0n) is 11.8. The maximum Gasteiger partial charge on any atom is 1.00 e. The van der Waals surface area contributed by atoms with Gasteiger partial charge < -0.3 is 29.7 Å². The van der Waals surface area contributed by atoms with Crippen LogP contribution < -0.4 is 104 Å². The minimum Gasteiger partial charge on any atom is -0.549 e. The molecule has 0 aromatic heterocycles. The van der Waals surface area contributed by atoms with E-state index in [0.29, 0.717) is 6.42 Å². The third-order valence-corrected chi connectivity index (χ3v) is 1.94. The number of carboxylic acid groups (broad SMARTS) is 3. The van der Waals surface area contributed by atoms with Gasteiger partial charge in [-0.15, -0.1) is 0 Å². The van der Waals surface area contributed by atoms with Crippen molar-refractivity contribution in [2.24, 2.45) is 0 Å². The van der Waals surface area contributed by atoms with Crippen molar-refractivity contribution in [3.63, 3.8) is 0 Å². The molecule has 0 saturated carbocycles. The number of hydrogen-bond donors (Lipinski definition) is 0. The average molecular weight is 299 g/mol. The van der Waals surface area contributed by atoms with E-state index in [2.05, 4.69) is 0 Å². The van der Waals surface area contributed by atoms with E-state index in [1.54, 1.807) is 6.92 Å². The summed E-state index contributed by atoms with van der Waals surface area (Å²) in [6.45, 7) is 0.116. The van der Waals surface area contributed by atoms with E-state index in [0.717, 1.165) is 4.90 Å². The standard InChI is InChI=1S/C9H15NO6.3Na/c1-2-3-6(9(15)16)10(4-7(11)12)5-8(13)14;;;/h6H,2-5H2,1H3,(H,11,12)(H,13,14)(H,15,16);;;/q;3*+1/p-3/t6-;;;/m0.../s1. The molecule has 92 valence electrons. The van der Waals surface area contributed by atoms with Gasteiger partial charge in [0.05, 0.1) is 23.9 Å². The van der Waals surface area contributed by atoms with Crippen LogP contribution in [0.4, 0.5) is 0 Å². The van der Waals surface area contributed by atoms with Crippen molar-refractivity contribution in [1.82, 2.24) is 4.90 Å². The number of rotatable bonds is 8. The summed E-state index contributed by atoms with van der Waals surface area (Å²) in [5.41, 5.74) is 0. The Balaban J connectivity index is -0.000000375. The molecular weight excluding hydrogens is 287 g/mol. The molecule has 0 amide bonds. The third kappa shape index (κ3) is 14.1. The maximum absolute atomic E-state index is 10.7. The zero-order chi connectivity index (χ0) is 12.7. The molecule has 0 aliphatic rings. The molecule has 7 nitrogen and oxygen atoms in total. The molecule has 0 N–H and O–H groups in total. The van der Waals surface area contributed by atoms with Gasteiger partial charge in [-0.25, -0.2) is 0 Å². The fourth-order valence-corrected chi connectivity index (χ4v) is 1.33. The Morgan fingerprint density at radius 1 is 0.947 bits per heavy atom. The van der Waals surface area contributed by atoms with E-state index in [1.807, 2.05) is 0 Å². The summed E-state index contributed by atoms with van der Waals surface area (Å²) < 4.78 is 0. The van der Waals surface area contributed by atoms with Crippen molar-refractivity contribution in [3.05, 3.63) is 0 Å². The quantitative estimate of drug-likeness (QED) is 0.408. The Bertz CT molecular complexity index is 273. The molecule has 0 bridgehead atoms. The molecule has 19 heavy (non-hydrogen) atoms. The van der Waals surface area contributed by atoms with Gasteiger partial charge in [-0.05, 0) is 6.42 Å². The van der Waals surface area contributed by atoms with Gasteiger partial charge in [0.15, 0.2) is 0 Å². The van der Waals surface area contributed by atoms with Crippen LogP contribution in [-0.2, 0) is 14.4 Å². The van der Waals surface area contributed by atoms with Gasteiger partial charge in [-0.2, -0.15) is 0 Å². The third-order valence-electron chi connectivity index (χ3n) is 1.94. The molecule has 0 aliphatic carbocycles. The largest absolute Gasteiger partial charge is 1.00 e. The first kappa shape index (κ1) is 28.5. The number of carbonyl (C=O) groups is 3. The smallest absolute Gasteiger partial charge is 0.549 e. The fraction of sp³-hybridized carbons (Fsp3) is 0.667. The Morgan fingerprint density at radius 2 is 1.32 bits per heavy atom. The predicted molar refractivity (Wildman–Crippen MR) is 45.3 cm³/mol. The summed E-state index contributed by atoms with van der Waals surface area (Å²) in [6, 6.07) is -1.26. The minimum absolute atomic E-state index is 0. The molecule has 0 unspecified atom stereocenters. The molecule has 1 atom stereocenters. The molecule has 0 aliphatic heterocycles. The van der Waals surface area contributed by atoms with Gasteiger partial charge in [0.2, 0.25) is 0 Å². The number of hydrogen-bond acceptors (Lipinski definition) is 7. The average Bonchev–Trinajstić information content (AvgIpc) is 2.10. The summed E-state index contributed by atoms with van der Waals surface area (Å²) in [6.07, 6.45) is 0.554. The molecule has 0 saturated heterocycles. The van der Waals surface area contributed by atoms with Crippen LogP contribution in [0.3, 0.4) is 0 Å². The van der Waals surface area contributed by atoms with Crippen LogP contribution in [0.1, 0.15) is 19.8 Å². The summed E-state index contributed by atoms with van der Waals surface area (Å²) in [5, 5.41) is 31.4. The van der Waals surface area contributed by atoms with Gasteiger partial charge in [0, 0.05) is 13.1 Å². The van der Waals surface area contributed by atoms with Gasteiger partial charge in [0.25, 0.3) is 0 Å². The number of aliphatic carboxylic acids is 3. The molecule has 0 radical (unpaired) electrons. The van der Waals surface area contributed by atoms with Gasteiger partial charge in [-0.3, -0.25) is 4.90 Å². The van der Waals surface area contributed by atoms with Crippen LogP contribution >= 0.6 is 0 Å². The van der Waals surface area contributed by atoms with Crippen LogP contribution in [0.15, 0.2) is 0 Å². The van der Waals surface area contributed by atoms with Crippen LogP contribution in [-0.4, -0.2) is 41.9 Å². The van der Waals surface area contributed by atoms with Crippen molar-refractivity contribution in [2.45, 2.75) is 25.8 Å². The van der Waals surface area contributed by atoms with E-state index in [4.69, 9.17) is 0 Å². The SMILES string of the molecule is CCC[C@@H](C(=O)[O-])N(CC(=O)[O-])CC(=O)[O-].[Na+].[Na+].[Na+].